The summed E-state index contributed by atoms with van der Waals surface area (Å²) in [6.07, 6.45) is 2.43. The lowest BCUT2D eigenvalue weighted by Gasteiger charge is -2.30. The summed E-state index contributed by atoms with van der Waals surface area (Å²) in [4.78, 5) is 2.44. The predicted octanol–water partition coefficient (Wildman–Crippen LogP) is 2.82. The first kappa shape index (κ1) is 15.0. The molecule has 2 N–H and O–H groups in total. The van der Waals surface area contributed by atoms with Crippen molar-refractivity contribution in [2.45, 2.75) is 32.7 Å². The first-order valence-corrected chi connectivity index (χ1v) is 6.84. The second-order valence-corrected chi connectivity index (χ2v) is 4.51. The van der Waals surface area contributed by atoms with Gasteiger partial charge in [0.05, 0.1) is 7.11 Å². The minimum atomic E-state index is 0.289. The van der Waals surface area contributed by atoms with Crippen molar-refractivity contribution in [3.05, 3.63) is 29.8 Å². The molecular weight excluding hydrogens is 224 g/mol. The molecule has 0 aliphatic carbocycles. The molecule has 1 aromatic rings. The number of ether oxygens (including phenoxy) is 1. The summed E-state index contributed by atoms with van der Waals surface area (Å²) < 4.78 is 5.28. The fourth-order valence-corrected chi connectivity index (χ4v) is 2.24. The van der Waals surface area contributed by atoms with Crippen molar-refractivity contribution in [3.63, 3.8) is 0 Å². The highest BCUT2D eigenvalue weighted by Gasteiger charge is 2.17. The van der Waals surface area contributed by atoms with Crippen molar-refractivity contribution in [1.82, 2.24) is 4.90 Å². The van der Waals surface area contributed by atoms with Crippen LogP contribution in [0.5, 0.6) is 5.75 Å². The molecule has 1 atom stereocenters. The molecule has 0 aliphatic heterocycles. The molecule has 1 aromatic carbocycles. The topological polar surface area (TPSA) is 38.5 Å². The summed E-state index contributed by atoms with van der Waals surface area (Å²) in [5.74, 6) is 0.900. The SMILES string of the molecule is CCCCN(CC)C(CN)c1cccc(OC)c1. The van der Waals surface area contributed by atoms with Gasteiger partial charge in [0, 0.05) is 12.6 Å². The van der Waals surface area contributed by atoms with Gasteiger partial charge in [0.15, 0.2) is 0 Å². The normalized spacial score (nSPS) is 12.7. The lowest BCUT2D eigenvalue weighted by Crippen LogP contribution is -2.34. The van der Waals surface area contributed by atoms with Crippen molar-refractivity contribution in [2.24, 2.45) is 5.73 Å². The molecule has 3 heteroatoms. The number of hydrogen-bond donors (Lipinski definition) is 1. The van der Waals surface area contributed by atoms with Crippen LogP contribution in [0.2, 0.25) is 0 Å². The number of rotatable bonds is 8. The van der Waals surface area contributed by atoms with E-state index >= 15 is 0 Å². The third-order valence-corrected chi connectivity index (χ3v) is 3.35. The molecule has 1 rings (SSSR count). The molecule has 0 saturated heterocycles. The lowest BCUT2D eigenvalue weighted by atomic mass is 10.0. The van der Waals surface area contributed by atoms with Crippen molar-refractivity contribution in [2.75, 3.05) is 26.7 Å². The van der Waals surface area contributed by atoms with E-state index in [0.29, 0.717) is 6.54 Å². The van der Waals surface area contributed by atoms with Gasteiger partial charge in [-0.05, 0) is 37.2 Å². The largest absolute Gasteiger partial charge is 0.497 e. The number of nitrogens with zero attached hydrogens (tertiary/aromatic N) is 1. The van der Waals surface area contributed by atoms with Gasteiger partial charge in [-0.2, -0.15) is 0 Å². The number of methoxy groups -OCH3 is 1. The average Bonchev–Trinajstić information content (AvgIpc) is 2.43. The molecule has 0 amide bonds. The highest BCUT2D eigenvalue weighted by atomic mass is 16.5. The van der Waals surface area contributed by atoms with Gasteiger partial charge in [0.25, 0.3) is 0 Å². The van der Waals surface area contributed by atoms with E-state index in [-0.39, 0.29) is 6.04 Å². The lowest BCUT2D eigenvalue weighted by molar-refractivity contribution is 0.209. The van der Waals surface area contributed by atoms with E-state index in [1.54, 1.807) is 7.11 Å². The van der Waals surface area contributed by atoms with E-state index in [1.807, 2.05) is 12.1 Å². The van der Waals surface area contributed by atoms with Crippen LogP contribution in [0, 0.1) is 0 Å². The molecule has 102 valence electrons. The summed E-state index contributed by atoms with van der Waals surface area (Å²) in [6, 6.07) is 8.52. The summed E-state index contributed by atoms with van der Waals surface area (Å²) in [6.45, 7) is 7.19. The second-order valence-electron chi connectivity index (χ2n) is 4.51. The van der Waals surface area contributed by atoms with Crippen LogP contribution >= 0.6 is 0 Å². The maximum Gasteiger partial charge on any atom is 0.119 e. The Kier molecular flexibility index (Phi) is 6.76. The number of likely N-dealkylation sites (N-methyl/N-ethyl adjacent to an activating group) is 1. The maximum atomic E-state index is 5.96. The third-order valence-electron chi connectivity index (χ3n) is 3.35. The summed E-state index contributed by atoms with van der Waals surface area (Å²) in [5, 5.41) is 0. The van der Waals surface area contributed by atoms with Crippen LogP contribution in [0.1, 0.15) is 38.3 Å². The summed E-state index contributed by atoms with van der Waals surface area (Å²) in [7, 11) is 1.70. The predicted molar refractivity (Wildman–Crippen MR) is 76.9 cm³/mol. The number of hydrogen-bond acceptors (Lipinski definition) is 3. The minimum Gasteiger partial charge on any atom is -0.497 e. The Balaban J connectivity index is 2.84. The molecule has 0 aliphatic rings. The Bertz CT molecular complexity index is 341. The Hall–Kier alpha value is -1.06. The zero-order valence-electron chi connectivity index (χ0n) is 11.9. The fraction of sp³-hybridized carbons (Fsp3) is 0.600. The third kappa shape index (κ3) is 4.00. The van der Waals surface area contributed by atoms with Crippen molar-refractivity contribution < 1.29 is 4.74 Å². The Morgan fingerprint density at radius 2 is 2.11 bits per heavy atom. The molecule has 0 radical (unpaired) electrons. The first-order chi connectivity index (χ1) is 8.76. The van der Waals surface area contributed by atoms with Crippen LogP contribution in [0.15, 0.2) is 24.3 Å². The quantitative estimate of drug-likeness (QED) is 0.771. The van der Waals surface area contributed by atoms with E-state index in [2.05, 4.69) is 30.9 Å². The first-order valence-electron chi connectivity index (χ1n) is 6.84. The average molecular weight is 250 g/mol. The molecule has 0 aromatic heterocycles. The molecule has 0 saturated carbocycles. The Morgan fingerprint density at radius 1 is 1.33 bits per heavy atom. The molecular formula is C15H26N2O. The van der Waals surface area contributed by atoms with Crippen molar-refractivity contribution >= 4 is 0 Å². The highest BCUT2D eigenvalue weighted by molar-refractivity contribution is 5.30. The molecule has 0 spiro atoms. The van der Waals surface area contributed by atoms with Crippen LogP contribution in [-0.4, -0.2) is 31.6 Å². The summed E-state index contributed by atoms with van der Waals surface area (Å²) in [5.41, 5.74) is 7.21. The minimum absolute atomic E-state index is 0.289. The van der Waals surface area contributed by atoms with E-state index in [4.69, 9.17) is 10.5 Å². The summed E-state index contributed by atoms with van der Waals surface area (Å²) >= 11 is 0. The van der Waals surface area contributed by atoms with Gasteiger partial charge in [-0.1, -0.05) is 32.4 Å². The number of unbranched alkanes of at least 4 members (excludes halogenated alkanes) is 1. The zero-order valence-corrected chi connectivity index (χ0v) is 11.9. The van der Waals surface area contributed by atoms with E-state index in [0.717, 1.165) is 18.8 Å². The van der Waals surface area contributed by atoms with Gasteiger partial charge in [0.1, 0.15) is 5.75 Å². The van der Waals surface area contributed by atoms with Crippen molar-refractivity contribution in [3.8, 4) is 5.75 Å². The highest BCUT2D eigenvalue weighted by Crippen LogP contribution is 2.23. The standard InChI is InChI=1S/C15H26N2O/c1-4-6-10-17(5-2)15(12-16)13-8-7-9-14(11-13)18-3/h7-9,11,15H,4-6,10,12,16H2,1-3H3. The van der Waals surface area contributed by atoms with Crippen LogP contribution in [0.4, 0.5) is 0 Å². The Morgan fingerprint density at radius 3 is 2.67 bits per heavy atom. The smallest absolute Gasteiger partial charge is 0.119 e. The Labute approximate surface area is 111 Å². The monoisotopic (exact) mass is 250 g/mol. The van der Waals surface area contributed by atoms with Crippen LogP contribution in [-0.2, 0) is 0 Å². The van der Waals surface area contributed by atoms with Gasteiger partial charge in [0.2, 0.25) is 0 Å². The zero-order chi connectivity index (χ0) is 13.4. The second kappa shape index (κ2) is 8.11. The molecule has 18 heavy (non-hydrogen) atoms. The van der Waals surface area contributed by atoms with E-state index < -0.39 is 0 Å². The number of nitrogens with two attached hydrogens (primary N) is 1. The van der Waals surface area contributed by atoms with Gasteiger partial charge in [-0.3, -0.25) is 4.90 Å². The fourth-order valence-electron chi connectivity index (χ4n) is 2.24. The molecule has 0 fully saturated rings. The van der Waals surface area contributed by atoms with Gasteiger partial charge in [-0.25, -0.2) is 0 Å². The van der Waals surface area contributed by atoms with Crippen molar-refractivity contribution in [1.29, 1.82) is 0 Å². The molecule has 1 unspecified atom stereocenters. The maximum absolute atomic E-state index is 5.96. The van der Waals surface area contributed by atoms with E-state index in [9.17, 15) is 0 Å². The van der Waals surface area contributed by atoms with Crippen LogP contribution < -0.4 is 10.5 Å². The molecule has 0 heterocycles. The molecule has 0 bridgehead atoms. The van der Waals surface area contributed by atoms with E-state index in [1.165, 1.54) is 18.4 Å². The van der Waals surface area contributed by atoms with Crippen LogP contribution in [0.3, 0.4) is 0 Å². The molecule has 3 nitrogen and oxygen atoms in total. The van der Waals surface area contributed by atoms with Gasteiger partial charge in [-0.15, -0.1) is 0 Å². The number of benzene rings is 1. The van der Waals surface area contributed by atoms with Gasteiger partial charge >= 0.3 is 0 Å². The van der Waals surface area contributed by atoms with Gasteiger partial charge < -0.3 is 10.5 Å². The van der Waals surface area contributed by atoms with Crippen LogP contribution in [0.25, 0.3) is 0 Å².